The van der Waals surface area contributed by atoms with Gasteiger partial charge in [-0.2, -0.15) is 31.4 Å². The minimum Gasteiger partial charge on any atom is -0.331 e. The zero-order chi connectivity index (χ0) is 19.4. The van der Waals surface area contributed by atoms with Crippen LogP contribution in [-0.4, -0.2) is 11.3 Å². The van der Waals surface area contributed by atoms with Crippen molar-refractivity contribution in [2.75, 3.05) is 5.32 Å². The Balaban J connectivity index is 2.09. The second-order valence-corrected chi connectivity index (χ2v) is 5.36. The molecular weight excluding hydrogens is 380 g/mol. The Labute approximate surface area is 149 Å². The first kappa shape index (κ1) is 19.7. The van der Waals surface area contributed by atoms with Gasteiger partial charge in [0.25, 0.3) is 0 Å². The van der Waals surface area contributed by atoms with E-state index >= 15 is 0 Å². The van der Waals surface area contributed by atoms with E-state index in [1.807, 2.05) is 0 Å². The summed E-state index contributed by atoms with van der Waals surface area (Å²) in [6.45, 7) is 0. The minimum absolute atomic E-state index is 0.217. The van der Waals surface area contributed by atoms with Crippen LogP contribution in [0.5, 0.6) is 0 Å². The highest BCUT2D eigenvalue weighted by Crippen LogP contribution is 2.34. The molecule has 0 amide bonds. The van der Waals surface area contributed by atoms with Gasteiger partial charge in [-0.15, -0.1) is 0 Å². The van der Waals surface area contributed by atoms with Gasteiger partial charge in [-0.05, 0) is 30.4 Å². The molecule has 2 N–H and O–H groups in total. The lowest BCUT2D eigenvalue weighted by atomic mass is 10.1. The van der Waals surface area contributed by atoms with Gasteiger partial charge in [0.2, 0.25) is 0 Å². The summed E-state index contributed by atoms with van der Waals surface area (Å²) >= 11 is 4.81. The predicted octanol–water partition coefficient (Wildman–Crippen LogP) is 5.04. The third-order valence-corrected chi connectivity index (χ3v) is 3.31. The Bertz CT molecular complexity index is 814. The van der Waals surface area contributed by atoms with Gasteiger partial charge < -0.3 is 5.32 Å². The summed E-state index contributed by atoms with van der Waals surface area (Å²) in [4.78, 5) is 0. The van der Waals surface area contributed by atoms with E-state index < -0.39 is 23.5 Å². The Hall–Kier alpha value is -2.62. The van der Waals surface area contributed by atoms with Gasteiger partial charge in [0, 0.05) is 5.56 Å². The van der Waals surface area contributed by atoms with Crippen LogP contribution in [0.3, 0.4) is 0 Å². The topological polar surface area (TPSA) is 36.4 Å². The molecule has 0 aliphatic rings. The van der Waals surface area contributed by atoms with Crippen LogP contribution in [0.25, 0.3) is 0 Å². The Morgan fingerprint density at radius 3 is 2.00 bits per heavy atom. The Morgan fingerprint density at radius 2 is 1.38 bits per heavy atom. The number of anilines is 1. The monoisotopic (exact) mass is 391 g/mol. The van der Waals surface area contributed by atoms with Gasteiger partial charge in [0.05, 0.1) is 23.0 Å². The van der Waals surface area contributed by atoms with Crippen molar-refractivity contribution in [2.24, 2.45) is 5.10 Å². The number of hydrogen-bond donors (Lipinski definition) is 2. The molecule has 2 aromatic rings. The number of hydrogen-bond acceptors (Lipinski definition) is 2. The number of halogens is 6. The summed E-state index contributed by atoms with van der Waals surface area (Å²) in [6.07, 6.45) is -8.27. The van der Waals surface area contributed by atoms with Gasteiger partial charge in [0.15, 0.2) is 5.11 Å². The lowest BCUT2D eigenvalue weighted by Gasteiger charge is -2.14. The summed E-state index contributed by atoms with van der Waals surface area (Å²) in [7, 11) is 0. The van der Waals surface area contributed by atoms with E-state index in [2.05, 4.69) is 15.8 Å². The Morgan fingerprint density at radius 1 is 0.846 bits per heavy atom. The summed E-state index contributed by atoms with van der Waals surface area (Å²) in [6, 6.07) is 9.34. The lowest BCUT2D eigenvalue weighted by molar-refractivity contribution is -0.138. The molecule has 10 heteroatoms. The predicted molar refractivity (Wildman–Crippen MR) is 89.8 cm³/mol. The van der Waals surface area contributed by atoms with Crippen molar-refractivity contribution in [1.82, 2.24) is 5.43 Å². The first-order chi connectivity index (χ1) is 12.1. The van der Waals surface area contributed by atoms with Crippen LogP contribution in [0.4, 0.5) is 32.0 Å². The average molecular weight is 391 g/mol. The summed E-state index contributed by atoms with van der Waals surface area (Å²) in [5.74, 6) is 0. The molecule has 0 unspecified atom stereocenters. The van der Waals surface area contributed by atoms with Crippen LogP contribution in [0.1, 0.15) is 16.7 Å². The molecule has 0 saturated heterocycles. The zero-order valence-corrected chi connectivity index (χ0v) is 13.6. The van der Waals surface area contributed by atoms with E-state index in [-0.39, 0.29) is 16.4 Å². The van der Waals surface area contributed by atoms with E-state index in [4.69, 9.17) is 12.2 Å². The van der Waals surface area contributed by atoms with Gasteiger partial charge in [-0.25, -0.2) is 0 Å². The molecule has 138 valence electrons. The standard InChI is InChI=1S/C16H11F6N3S/c17-15(18,19)11-6-2-1-5-10(11)9-23-25-14(26)24-13-8-4-3-7-12(13)16(20,21)22/h1-9H,(H2,24,25,26)/b23-9+. The first-order valence-electron chi connectivity index (χ1n) is 7.01. The van der Waals surface area contributed by atoms with Crippen LogP contribution >= 0.6 is 12.2 Å². The molecule has 0 bridgehead atoms. The van der Waals surface area contributed by atoms with E-state index in [9.17, 15) is 26.3 Å². The van der Waals surface area contributed by atoms with Crippen LogP contribution in [0, 0.1) is 0 Å². The van der Waals surface area contributed by atoms with Crippen molar-refractivity contribution in [1.29, 1.82) is 0 Å². The van der Waals surface area contributed by atoms with Gasteiger partial charge in [-0.1, -0.05) is 30.3 Å². The number of rotatable bonds is 3. The van der Waals surface area contributed by atoms with Gasteiger partial charge in [0.1, 0.15) is 0 Å². The minimum atomic E-state index is -4.59. The smallest absolute Gasteiger partial charge is 0.331 e. The van der Waals surface area contributed by atoms with E-state index in [0.717, 1.165) is 18.3 Å². The quantitative estimate of drug-likeness (QED) is 0.333. The van der Waals surface area contributed by atoms with Crippen molar-refractivity contribution in [3.05, 3.63) is 65.2 Å². The molecule has 0 heterocycles. The maximum Gasteiger partial charge on any atom is 0.418 e. The third-order valence-electron chi connectivity index (χ3n) is 3.12. The molecule has 0 saturated carbocycles. The molecule has 0 aliphatic carbocycles. The summed E-state index contributed by atoms with van der Waals surface area (Å²) < 4.78 is 77.2. The molecular formula is C16H11F6N3S. The van der Waals surface area contributed by atoms with Crippen LogP contribution < -0.4 is 10.7 Å². The maximum atomic E-state index is 12.9. The summed E-state index contributed by atoms with van der Waals surface area (Å²) in [5, 5.41) is 5.55. The number of nitrogens with zero attached hydrogens (tertiary/aromatic N) is 1. The number of para-hydroxylation sites is 1. The maximum absolute atomic E-state index is 12.9. The van der Waals surface area contributed by atoms with E-state index in [0.29, 0.717) is 0 Å². The average Bonchev–Trinajstić information content (AvgIpc) is 2.54. The normalized spacial score (nSPS) is 12.2. The van der Waals surface area contributed by atoms with Crippen LogP contribution in [-0.2, 0) is 12.4 Å². The van der Waals surface area contributed by atoms with E-state index in [1.165, 1.54) is 36.4 Å². The van der Waals surface area contributed by atoms with Gasteiger partial charge in [-0.3, -0.25) is 5.43 Å². The molecule has 0 fully saturated rings. The Kier molecular flexibility index (Phi) is 5.86. The van der Waals surface area contributed by atoms with Crippen molar-refractivity contribution in [2.45, 2.75) is 12.4 Å². The van der Waals surface area contributed by atoms with Gasteiger partial charge >= 0.3 is 12.4 Å². The number of hydrazone groups is 1. The first-order valence-corrected chi connectivity index (χ1v) is 7.42. The molecule has 0 radical (unpaired) electrons. The fourth-order valence-electron chi connectivity index (χ4n) is 2.02. The van der Waals surface area contributed by atoms with Crippen LogP contribution in [0.15, 0.2) is 53.6 Å². The molecule has 2 rings (SSSR count). The third kappa shape index (κ3) is 5.19. The fraction of sp³-hybridized carbons (Fsp3) is 0.125. The lowest BCUT2D eigenvalue weighted by Crippen LogP contribution is -2.25. The van der Waals surface area contributed by atoms with Crippen molar-refractivity contribution in [3.63, 3.8) is 0 Å². The molecule has 26 heavy (non-hydrogen) atoms. The van der Waals surface area contributed by atoms with Crippen molar-refractivity contribution < 1.29 is 26.3 Å². The highest BCUT2D eigenvalue weighted by Gasteiger charge is 2.33. The second kappa shape index (κ2) is 7.73. The highest BCUT2D eigenvalue weighted by molar-refractivity contribution is 7.80. The van der Waals surface area contributed by atoms with Crippen LogP contribution in [0.2, 0.25) is 0 Å². The number of nitrogens with one attached hydrogen (secondary N) is 2. The van der Waals surface area contributed by atoms with Crippen molar-refractivity contribution >= 4 is 29.2 Å². The number of alkyl halides is 6. The number of benzene rings is 2. The molecule has 3 nitrogen and oxygen atoms in total. The fourth-order valence-corrected chi connectivity index (χ4v) is 2.18. The van der Waals surface area contributed by atoms with Crippen molar-refractivity contribution in [3.8, 4) is 0 Å². The molecule has 0 spiro atoms. The zero-order valence-electron chi connectivity index (χ0n) is 12.8. The molecule has 0 atom stereocenters. The molecule has 0 aromatic heterocycles. The van der Waals surface area contributed by atoms with E-state index in [1.54, 1.807) is 0 Å². The number of thiocarbonyl (C=S) groups is 1. The summed E-state index contributed by atoms with van der Waals surface area (Å²) in [5.41, 5.74) is -0.158. The second-order valence-electron chi connectivity index (χ2n) is 4.95. The SMILES string of the molecule is FC(F)(F)c1ccccc1/C=N/NC(=S)Nc1ccccc1C(F)(F)F. The molecule has 0 aliphatic heterocycles. The largest absolute Gasteiger partial charge is 0.418 e. The highest BCUT2D eigenvalue weighted by atomic mass is 32.1. The molecule has 2 aromatic carbocycles.